The SMILES string of the molecule is N[C@@H]1CCC[C@H]1CC(=O)Nc1cccc(Oc2cccnn2)c1. The van der Waals surface area contributed by atoms with Gasteiger partial charge in [-0.3, -0.25) is 4.79 Å². The smallest absolute Gasteiger partial charge is 0.238 e. The molecule has 1 aliphatic rings. The van der Waals surface area contributed by atoms with Crippen molar-refractivity contribution in [3.63, 3.8) is 0 Å². The fourth-order valence-corrected chi connectivity index (χ4v) is 2.87. The standard InChI is InChI=1S/C17H20N4O2/c18-15-7-1-4-12(15)10-16(22)20-13-5-2-6-14(11-13)23-17-8-3-9-19-21-17/h2-3,5-6,8-9,11-12,15H,1,4,7,10,18H2,(H,20,22)/t12-,15+/m0/s1. The van der Waals surface area contributed by atoms with E-state index in [0.717, 1.165) is 19.3 Å². The zero-order valence-corrected chi connectivity index (χ0v) is 12.8. The van der Waals surface area contributed by atoms with E-state index in [9.17, 15) is 4.79 Å². The number of nitrogens with one attached hydrogen (secondary N) is 1. The Bertz CT molecular complexity index is 663. The van der Waals surface area contributed by atoms with Crippen LogP contribution >= 0.6 is 0 Å². The maximum Gasteiger partial charge on any atom is 0.238 e. The topological polar surface area (TPSA) is 90.1 Å². The summed E-state index contributed by atoms with van der Waals surface area (Å²) in [6, 6.07) is 10.8. The van der Waals surface area contributed by atoms with Gasteiger partial charge in [0.1, 0.15) is 5.75 Å². The highest BCUT2D eigenvalue weighted by atomic mass is 16.5. The largest absolute Gasteiger partial charge is 0.437 e. The molecule has 1 amide bonds. The summed E-state index contributed by atoms with van der Waals surface area (Å²) in [5.41, 5.74) is 6.72. The van der Waals surface area contributed by atoms with Gasteiger partial charge in [0.25, 0.3) is 0 Å². The molecule has 2 aromatic rings. The number of benzene rings is 1. The first-order valence-corrected chi connectivity index (χ1v) is 7.82. The fourth-order valence-electron chi connectivity index (χ4n) is 2.87. The van der Waals surface area contributed by atoms with Crippen LogP contribution < -0.4 is 15.8 Å². The van der Waals surface area contributed by atoms with E-state index in [2.05, 4.69) is 15.5 Å². The Morgan fingerprint density at radius 2 is 2.22 bits per heavy atom. The monoisotopic (exact) mass is 312 g/mol. The van der Waals surface area contributed by atoms with Gasteiger partial charge in [-0.15, -0.1) is 5.10 Å². The van der Waals surface area contributed by atoms with E-state index in [1.165, 1.54) is 0 Å². The van der Waals surface area contributed by atoms with Crippen molar-refractivity contribution in [2.24, 2.45) is 11.7 Å². The van der Waals surface area contributed by atoms with Crippen LogP contribution in [0.3, 0.4) is 0 Å². The molecule has 1 saturated carbocycles. The second kappa shape index (κ2) is 7.19. The van der Waals surface area contributed by atoms with Crippen molar-refractivity contribution in [2.45, 2.75) is 31.7 Å². The quantitative estimate of drug-likeness (QED) is 0.886. The lowest BCUT2D eigenvalue weighted by Gasteiger charge is -2.15. The van der Waals surface area contributed by atoms with Crippen LogP contribution in [-0.4, -0.2) is 22.1 Å². The van der Waals surface area contributed by atoms with Gasteiger partial charge in [-0.1, -0.05) is 12.5 Å². The molecular weight excluding hydrogens is 292 g/mol. The average molecular weight is 312 g/mol. The third-order valence-electron chi connectivity index (χ3n) is 4.05. The number of carbonyl (C=O) groups is 1. The maximum absolute atomic E-state index is 12.2. The first-order chi connectivity index (χ1) is 11.2. The normalized spacial score (nSPS) is 20.2. The van der Waals surface area contributed by atoms with Crippen molar-refractivity contribution in [1.82, 2.24) is 10.2 Å². The summed E-state index contributed by atoms with van der Waals surface area (Å²) >= 11 is 0. The number of hydrogen-bond acceptors (Lipinski definition) is 5. The third kappa shape index (κ3) is 4.26. The number of ether oxygens (including phenoxy) is 1. The second-order valence-electron chi connectivity index (χ2n) is 5.80. The van der Waals surface area contributed by atoms with E-state index in [-0.39, 0.29) is 17.9 Å². The molecular formula is C17H20N4O2. The van der Waals surface area contributed by atoms with Crippen LogP contribution in [-0.2, 0) is 4.79 Å². The van der Waals surface area contributed by atoms with Crippen molar-refractivity contribution in [3.8, 4) is 11.6 Å². The van der Waals surface area contributed by atoms with Crippen LogP contribution in [0.4, 0.5) is 5.69 Å². The Morgan fingerprint density at radius 1 is 1.30 bits per heavy atom. The van der Waals surface area contributed by atoms with Crippen LogP contribution in [0.1, 0.15) is 25.7 Å². The molecule has 1 aromatic heterocycles. The molecule has 3 N–H and O–H groups in total. The van der Waals surface area contributed by atoms with E-state index in [1.807, 2.05) is 12.1 Å². The molecule has 120 valence electrons. The van der Waals surface area contributed by atoms with Gasteiger partial charge in [-0.2, -0.15) is 5.10 Å². The Morgan fingerprint density at radius 3 is 2.96 bits per heavy atom. The van der Waals surface area contributed by atoms with Crippen molar-refractivity contribution in [3.05, 3.63) is 42.6 Å². The minimum Gasteiger partial charge on any atom is -0.437 e. The Labute approximate surface area is 135 Å². The summed E-state index contributed by atoms with van der Waals surface area (Å²) in [6.45, 7) is 0. The lowest BCUT2D eigenvalue weighted by Crippen LogP contribution is -2.28. The Kier molecular flexibility index (Phi) is 4.83. The fraction of sp³-hybridized carbons (Fsp3) is 0.353. The zero-order valence-electron chi connectivity index (χ0n) is 12.8. The van der Waals surface area contributed by atoms with Crippen LogP contribution in [0.25, 0.3) is 0 Å². The highest BCUT2D eigenvalue weighted by Crippen LogP contribution is 2.27. The van der Waals surface area contributed by atoms with Gasteiger partial charge >= 0.3 is 0 Å². The van der Waals surface area contributed by atoms with Gasteiger partial charge in [0.05, 0.1) is 0 Å². The second-order valence-corrected chi connectivity index (χ2v) is 5.80. The highest BCUT2D eigenvalue weighted by Gasteiger charge is 2.26. The lowest BCUT2D eigenvalue weighted by atomic mass is 10.00. The molecule has 1 fully saturated rings. The molecule has 0 unspecified atom stereocenters. The first-order valence-electron chi connectivity index (χ1n) is 7.82. The van der Waals surface area contributed by atoms with Crippen LogP contribution in [0.5, 0.6) is 11.6 Å². The van der Waals surface area contributed by atoms with Crippen molar-refractivity contribution >= 4 is 11.6 Å². The molecule has 1 aromatic carbocycles. The Hall–Kier alpha value is -2.47. The molecule has 1 heterocycles. The average Bonchev–Trinajstić information content (AvgIpc) is 2.93. The van der Waals surface area contributed by atoms with E-state index >= 15 is 0 Å². The minimum atomic E-state index is -0.0102. The summed E-state index contributed by atoms with van der Waals surface area (Å²) in [6.07, 6.45) is 5.21. The Balaban J connectivity index is 1.60. The van der Waals surface area contributed by atoms with Gasteiger partial charge in [0.15, 0.2) is 0 Å². The number of hydrogen-bond donors (Lipinski definition) is 2. The van der Waals surface area contributed by atoms with Crippen molar-refractivity contribution in [1.29, 1.82) is 0 Å². The van der Waals surface area contributed by atoms with E-state index in [1.54, 1.807) is 30.5 Å². The molecule has 6 heteroatoms. The molecule has 0 bridgehead atoms. The summed E-state index contributed by atoms with van der Waals surface area (Å²) in [5.74, 6) is 1.28. The summed E-state index contributed by atoms with van der Waals surface area (Å²) in [4.78, 5) is 12.2. The molecule has 1 aliphatic carbocycles. The molecule has 0 radical (unpaired) electrons. The number of rotatable bonds is 5. The predicted octanol–water partition coefficient (Wildman–Crippen LogP) is 2.72. The molecule has 23 heavy (non-hydrogen) atoms. The van der Waals surface area contributed by atoms with Gasteiger partial charge in [-0.25, -0.2) is 0 Å². The predicted molar refractivity (Wildman–Crippen MR) is 87.1 cm³/mol. The molecule has 3 rings (SSSR count). The summed E-state index contributed by atoms with van der Waals surface area (Å²) in [5, 5.41) is 10.5. The number of anilines is 1. The number of nitrogens with zero attached hydrogens (tertiary/aromatic N) is 2. The van der Waals surface area contributed by atoms with E-state index < -0.39 is 0 Å². The van der Waals surface area contributed by atoms with E-state index in [4.69, 9.17) is 10.5 Å². The van der Waals surface area contributed by atoms with Gasteiger partial charge < -0.3 is 15.8 Å². The lowest BCUT2D eigenvalue weighted by molar-refractivity contribution is -0.117. The van der Waals surface area contributed by atoms with Crippen molar-refractivity contribution < 1.29 is 9.53 Å². The van der Waals surface area contributed by atoms with Gasteiger partial charge in [0.2, 0.25) is 11.8 Å². The highest BCUT2D eigenvalue weighted by molar-refractivity contribution is 5.91. The molecule has 6 nitrogen and oxygen atoms in total. The van der Waals surface area contributed by atoms with E-state index in [0.29, 0.717) is 23.7 Å². The molecule has 0 saturated heterocycles. The van der Waals surface area contributed by atoms with Gasteiger partial charge in [0, 0.05) is 36.5 Å². The summed E-state index contributed by atoms with van der Waals surface area (Å²) in [7, 11) is 0. The van der Waals surface area contributed by atoms with Crippen LogP contribution in [0, 0.1) is 5.92 Å². The van der Waals surface area contributed by atoms with Crippen LogP contribution in [0.2, 0.25) is 0 Å². The third-order valence-corrected chi connectivity index (χ3v) is 4.05. The van der Waals surface area contributed by atoms with Crippen LogP contribution in [0.15, 0.2) is 42.6 Å². The van der Waals surface area contributed by atoms with Gasteiger partial charge in [-0.05, 0) is 37.0 Å². The summed E-state index contributed by atoms with van der Waals surface area (Å²) < 4.78 is 5.61. The zero-order chi connectivity index (χ0) is 16.1. The first kappa shape index (κ1) is 15.4. The van der Waals surface area contributed by atoms with Crippen molar-refractivity contribution in [2.75, 3.05) is 5.32 Å². The number of aromatic nitrogens is 2. The number of amides is 1. The molecule has 2 atom stereocenters. The number of carbonyl (C=O) groups excluding carboxylic acids is 1. The number of nitrogens with two attached hydrogens (primary N) is 1. The maximum atomic E-state index is 12.2. The molecule has 0 spiro atoms. The molecule has 0 aliphatic heterocycles. The minimum absolute atomic E-state index is 0.0102.